The molecule has 1 aliphatic rings. The highest BCUT2D eigenvalue weighted by Gasteiger charge is 2.20. The summed E-state index contributed by atoms with van der Waals surface area (Å²) in [6.07, 6.45) is 3.57. The van der Waals surface area contributed by atoms with E-state index in [1.807, 2.05) is 7.05 Å². The van der Waals surface area contributed by atoms with Crippen LogP contribution in [0, 0.1) is 11.8 Å². The standard InChI is InChI=1S/C15H29N3O3/c1-12(14(19)20)5-4-8-16-15(21)18(3)11-13-6-9-17(2)10-7-13/h12-13H,4-11H2,1-3H3,(H,16,21)(H,19,20). The highest BCUT2D eigenvalue weighted by atomic mass is 16.4. The van der Waals surface area contributed by atoms with Crippen LogP contribution in [0.15, 0.2) is 0 Å². The van der Waals surface area contributed by atoms with Gasteiger partial charge in [0.1, 0.15) is 0 Å². The third-order valence-electron chi connectivity index (χ3n) is 4.23. The van der Waals surface area contributed by atoms with Gasteiger partial charge >= 0.3 is 12.0 Å². The van der Waals surface area contributed by atoms with Gasteiger partial charge in [0, 0.05) is 20.1 Å². The number of aliphatic carboxylic acids is 1. The molecule has 1 saturated heterocycles. The Labute approximate surface area is 127 Å². The number of amides is 2. The van der Waals surface area contributed by atoms with E-state index in [4.69, 9.17) is 5.11 Å². The number of nitrogens with one attached hydrogen (secondary N) is 1. The van der Waals surface area contributed by atoms with E-state index in [-0.39, 0.29) is 11.9 Å². The Balaban J connectivity index is 2.15. The van der Waals surface area contributed by atoms with Crippen molar-refractivity contribution in [3.63, 3.8) is 0 Å². The highest BCUT2D eigenvalue weighted by Crippen LogP contribution is 2.16. The molecule has 1 aliphatic heterocycles. The molecule has 1 fully saturated rings. The summed E-state index contributed by atoms with van der Waals surface area (Å²) in [6, 6.07) is -0.0584. The summed E-state index contributed by atoms with van der Waals surface area (Å²) in [6.45, 7) is 5.23. The van der Waals surface area contributed by atoms with Gasteiger partial charge in [-0.05, 0) is 51.7 Å². The van der Waals surface area contributed by atoms with Crippen LogP contribution >= 0.6 is 0 Å². The van der Waals surface area contributed by atoms with Crippen LogP contribution in [0.1, 0.15) is 32.6 Å². The second kappa shape index (κ2) is 8.87. The molecule has 2 N–H and O–H groups in total. The molecule has 0 aromatic carbocycles. The van der Waals surface area contributed by atoms with Crippen molar-refractivity contribution in [2.75, 3.05) is 40.3 Å². The lowest BCUT2D eigenvalue weighted by molar-refractivity contribution is -0.141. The van der Waals surface area contributed by atoms with E-state index < -0.39 is 5.97 Å². The van der Waals surface area contributed by atoms with Crippen LogP contribution in [0.3, 0.4) is 0 Å². The SMILES string of the molecule is CC(CCCNC(=O)N(C)CC1CCN(C)CC1)C(=O)O. The average molecular weight is 299 g/mol. The number of carboxylic acid groups (broad SMARTS) is 1. The zero-order valence-corrected chi connectivity index (χ0v) is 13.5. The Morgan fingerprint density at radius 2 is 2.00 bits per heavy atom. The molecule has 0 spiro atoms. The quantitative estimate of drug-likeness (QED) is 0.698. The molecule has 122 valence electrons. The summed E-state index contributed by atoms with van der Waals surface area (Å²) in [5, 5.41) is 11.6. The fraction of sp³-hybridized carbons (Fsp3) is 0.867. The summed E-state index contributed by atoms with van der Waals surface area (Å²) < 4.78 is 0. The molecule has 21 heavy (non-hydrogen) atoms. The number of carbonyl (C=O) groups excluding carboxylic acids is 1. The molecule has 2 amide bonds. The van der Waals surface area contributed by atoms with Gasteiger partial charge in [-0.1, -0.05) is 6.92 Å². The molecule has 1 rings (SSSR count). The topological polar surface area (TPSA) is 72.9 Å². The molecule has 0 radical (unpaired) electrons. The van der Waals surface area contributed by atoms with Crippen molar-refractivity contribution in [1.82, 2.24) is 15.1 Å². The third kappa shape index (κ3) is 6.80. The van der Waals surface area contributed by atoms with Gasteiger partial charge in [0.2, 0.25) is 0 Å². The number of hydrogen-bond acceptors (Lipinski definition) is 3. The molecule has 0 aromatic heterocycles. The van der Waals surface area contributed by atoms with Crippen molar-refractivity contribution in [2.45, 2.75) is 32.6 Å². The van der Waals surface area contributed by atoms with E-state index in [2.05, 4.69) is 17.3 Å². The van der Waals surface area contributed by atoms with E-state index in [9.17, 15) is 9.59 Å². The average Bonchev–Trinajstić information content (AvgIpc) is 2.45. The molecule has 1 heterocycles. The highest BCUT2D eigenvalue weighted by molar-refractivity contribution is 5.73. The largest absolute Gasteiger partial charge is 0.481 e. The first-order valence-electron chi connectivity index (χ1n) is 7.80. The van der Waals surface area contributed by atoms with Gasteiger partial charge in [0.15, 0.2) is 0 Å². The summed E-state index contributed by atoms with van der Waals surface area (Å²) in [5.74, 6) is -0.538. The van der Waals surface area contributed by atoms with Crippen LogP contribution < -0.4 is 5.32 Å². The summed E-state index contributed by atoms with van der Waals surface area (Å²) in [4.78, 5) is 26.7. The Hall–Kier alpha value is -1.30. The van der Waals surface area contributed by atoms with E-state index >= 15 is 0 Å². The van der Waals surface area contributed by atoms with Gasteiger partial charge in [0.25, 0.3) is 0 Å². The lowest BCUT2D eigenvalue weighted by Crippen LogP contribution is -2.42. The number of carboxylic acids is 1. The lowest BCUT2D eigenvalue weighted by atomic mass is 9.97. The fourth-order valence-corrected chi connectivity index (χ4v) is 2.58. The Bertz CT molecular complexity index is 341. The van der Waals surface area contributed by atoms with Gasteiger partial charge < -0.3 is 20.2 Å². The van der Waals surface area contributed by atoms with Gasteiger partial charge in [-0.3, -0.25) is 4.79 Å². The lowest BCUT2D eigenvalue weighted by Gasteiger charge is -2.31. The van der Waals surface area contributed by atoms with Crippen molar-refractivity contribution in [2.24, 2.45) is 11.8 Å². The van der Waals surface area contributed by atoms with Gasteiger partial charge in [0.05, 0.1) is 5.92 Å². The molecule has 0 aliphatic carbocycles. The molecule has 1 unspecified atom stereocenters. The second-order valence-corrected chi connectivity index (χ2v) is 6.24. The minimum atomic E-state index is -0.777. The summed E-state index contributed by atoms with van der Waals surface area (Å²) in [5.41, 5.74) is 0. The maximum Gasteiger partial charge on any atom is 0.317 e. The van der Waals surface area contributed by atoms with Crippen LogP contribution in [-0.2, 0) is 4.79 Å². The maximum absolute atomic E-state index is 11.9. The monoisotopic (exact) mass is 299 g/mol. The number of nitrogens with zero attached hydrogens (tertiary/aromatic N) is 2. The van der Waals surface area contributed by atoms with Gasteiger partial charge in [-0.2, -0.15) is 0 Å². The van der Waals surface area contributed by atoms with E-state index in [0.717, 1.165) is 32.5 Å². The van der Waals surface area contributed by atoms with Crippen molar-refractivity contribution < 1.29 is 14.7 Å². The maximum atomic E-state index is 11.9. The smallest absolute Gasteiger partial charge is 0.317 e. The zero-order valence-electron chi connectivity index (χ0n) is 13.5. The van der Waals surface area contributed by atoms with Crippen LogP contribution in [-0.4, -0.2) is 67.2 Å². The summed E-state index contributed by atoms with van der Waals surface area (Å²) in [7, 11) is 3.96. The van der Waals surface area contributed by atoms with Crippen LogP contribution in [0.5, 0.6) is 0 Å². The Morgan fingerprint density at radius 3 is 2.57 bits per heavy atom. The van der Waals surface area contributed by atoms with Crippen molar-refractivity contribution in [3.8, 4) is 0 Å². The van der Waals surface area contributed by atoms with Gasteiger partial charge in [-0.25, -0.2) is 4.79 Å². The van der Waals surface area contributed by atoms with E-state index in [0.29, 0.717) is 25.3 Å². The minimum Gasteiger partial charge on any atom is -0.481 e. The molecular formula is C15H29N3O3. The van der Waals surface area contributed by atoms with Crippen LogP contribution in [0.2, 0.25) is 0 Å². The minimum absolute atomic E-state index is 0.0584. The second-order valence-electron chi connectivity index (χ2n) is 6.24. The number of rotatable bonds is 7. The number of likely N-dealkylation sites (tertiary alicyclic amines) is 1. The zero-order chi connectivity index (χ0) is 15.8. The van der Waals surface area contributed by atoms with Crippen molar-refractivity contribution in [3.05, 3.63) is 0 Å². The molecule has 0 saturated carbocycles. The number of piperidine rings is 1. The molecule has 6 heteroatoms. The fourth-order valence-electron chi connectivity index (χ4n) is 2.58. The predicted molar refractivity (Wildman–Crippen MR) is 82.3 cm³/mol. The molecule has 0 bridgehead atoms. The molecule has 1 atom stereocenters. The molecule has 6 nitrogen and oxygen atoms in total. The number of carbonyl (C=O) groups is 2. The van der Waals surface area contributed by atoms with Crippen molar-refractivity contribution >= 4 is 12.0 Å². The molecular weight excluding hydrogens is 270 g/mol. The van der Waals surface area contributed by atoms with Crippen LogP contribution in [0.25, 0.3) is 0 Å². The Kier molecular flexibility index (Phi) is 7.50. The Morgan fingerprint density at radius 1 is 1.38 bits per heavy atom. The first kappa shape index (κ1) is 17.8. The number of hydrogen-bond donors (Lipinski definition) is 2. The van der Waals surface area contributed by atoms with E-state index in [1.54, 1.807) is 11.8 Å². The normalized spacial score (nSPS) is 18.2. The first-order chi connectivity index (χ1) is 9.90. The number of urea groups is 1. The first-order valence-corrected chi connectivity index (χ1v) is 7.80. The van der Waals surface area contributed by atoms with E-state index in [1.165, 1.54) is 0 Å². The predicted octanol–water partition coefficient (Wildman–Crippen LogP) is 1.47. The van der Waals surface area contributed by atoms with Crippen molar-refractivity contribution in [1.29, 1.82) is 0 Å². The molecule has 0 aromatic rings. The van der Waals surface area contributed by atoms with Gasteiger partial charge in [-0.15, -0.1) is 0 Å². The van der Waals surface area contributed by atoms with Crippen LogP contribution in [0.4, 0.5) is 4.79 Å². The third-order valence-corrected chi connectivity index (χ3v) is 4.23. The summed E-state index contributed by atoms with van der Waals surface area (Å²) >= 11 is 0.